The Bertz CT molecular complexity index is 540. The number of benzene rings is 2. The van der Waals surface area contributed by atoms with Crippen LogP contribution in [-0.4, -0.2) is 29.2 Å². The topological polar surface area (TPSA) is 23.5 Å². The third-order valence-corrected chi connectivity index (χ3v) is 4.40. The van der Waals surface area contributed by atoms with Gasteiger partial charge in [0, 0.05) is 19.1 Å². The fourth-order valence-electron chi connectivity index (χ4n) is 3.20. The molecule has 1 fully saturated rings. The third kappa shape index (κ3) is 3.72. The van der Waals surface area contributed by atoms with E-state index in [9.17, 15) is 5.11 Å². The lowest BCUT2D eigenvalue weighted by atomic mass is 9.93. The molecule has 21 heavy (non-hydrogen) atoms. The van der Waals surface area contributed by atoms with Crippen molar-refractivity contribution in [3.63, 3.8) is 0 Å². The molecule has 2 aromatic rings. The van der Waals surface area contributed by atoms with Crippen molar-refractivity contribution in [1.29, 1.82) is 0 Å². The Kier molecular flexibility index (Phi) is 4.69. The Morgan fingerprint density at radius 2 is 1.62 bits per heavy atom. The van der Waals surface area contributed by atoms with Crippen LogP contribution < -0.4 is 0 Å². The standard InChI is InChI=1S/C19H23NO/c21-18-12-14-20(13-11-16-7-3-1-4-8-16)19(15-18)17-9-5-2-6-10-17/h1-10,18-19,21H,11-15H2. The van der Waals surface area contributed by atoms with E-state index >= 15 is 0 Å². The molecule has 1 heterocycles. The summed E-state index contributed by atoms with van der Waals surface area (Å²) >= 11 is 0. The summed E-state index contributed by atoms with van der Waals surface area (Å²) in [6, 6.07) is 21.6. The van der Waals surface area contributed by atoms with Crippen molar-refractivity contribution >= 4 is 0 Å². The van der Waals surface area contributed by atoms with Gasteiger partial charge in [0.25, 0.3) is 0 Å². The normalized spacial score (nSPS) is 23.1. The van der Waals surface area contributed by atoms with E-state index in [0.29, 0.717) is 6.04 Å². The first kappa shape index (κ1) is 14.3. The van der Waals surface area contributed by atoms with Gasteiger partial charge in [-0.2, -0.15) is 0 Å². The molecule has 2 atom stereocenters. The van der Waals surface area contributed by atoms with E-state index in [2.05, 4.69) is 65.6 Å². The van der Waals surface area contributed by atoms with E-state index in [1.807, 2.05) is 0 Å². The molecule has 1 aliphatic heterocycles. The molecule has 0 saturated carbocycles. The molecule has 1 N–H and O–H groups in total. The zero-order valence-corrected chi connectivity index (χ0v) is 12.4. The second-order valence-electron chi connectivity index (χ2n) is 5.88. The minimum Gasteiger partial charge on any atom is -0.393 e. The van der Waals surface area contributed by atoms with Crippen LogP contribution in [-0.2, 0) is 6.42 Å². The molecule has 0 spiro atoms. The molecule has 110 valence electrons. The first-order valence-electron chi connectivity index (χ1n) is 7.84. The van der Waals surface area contributed by atoms with Gasteiger partial charge >= 0.3 is 0 Å². The van der Waals surface area contributed by atoms with Crippen molar-refractivity contribution < 1.29 is 5.11 Å². The summed E-state index contributed by atoms with van der Waals surface area (Å²) in [5, 5.41) is 10.0. The number of hydrogen-bond acceptors (Lipinski definition) is 2. The molecular formula is C19H23NO. The fourth-order valence-corrected chi connectivity index (χ4v) is 3.20. The number of hydrogen-bond donors (Lipinski definition) is 1. The largest absolute Gasteiger partial charge is 0.393 e. The van der Waals surface area contributed by atoms with Crippen molar-refractivity contribution in [1.82, 2.24) is 4.90 Å². The van der Waals surface area contributed by atoms with E-state index in [1.165, 1.54) is 11.1 Å². The van der Waals surface area contributed by atoms with Crippen LogP contribution in [0.15, 0.2) is 60.7 Å². The van der Waals surface area contributed by atoms with Crippen LogP contribution in [0.5, 0.6) is 0 Å². The monoisotopic (exact) mass is 281 g/mol. The highest BCUT2D eigenvalue weighted by molar-refractivity contribution is 5.20. The average molecular weight is 281 g/mol. The van der Waals surface area contributed by atoms with Crippen molar-refractivity contribution in [3.8, 4) is 0 Å². The first-order valence-corrected chi connectivity index (χ1v) is 7.84. The number of likely N-dealkylation sites (tertiary alicyclic amines) is 1. The Labute approximate surface area is 127 Å². The Hall–Kier alpha value is -1.64. The molecule has 3 rings (SSSR count). The molecule has 0 amide bonds. The van der Waals surface area contributed by atoms with E-state index in [4.69, 9.17) is 0 Å². The SMILES string of the molecule is OC1CCN(CCc2ccccc2)C(c2ccccc2)C1. The number of piperidine rings is 1. The predicted molar refractivity (Wildman–Crippen MR) is 86.1 cm³/mol. The van der Waals surface area contributed by atoms with E-state index in [-0.39, 0.29) is 6.10 Å². The van der Waals surface area contributed by atoms with Crippen molar-refractivity contribution in [3.05, 3.63) is 71.8 Å². The predicted octanol–water partition coefficient (Wildman–Crippen LogP) is 3.43. The molecule has 2 nitrogen and oxygen atoms in total. The number of aliphatic hydroxyl groups excluding tert-OH is 1. The Balaban J connectivity index is 1.69. The molecule has 1 aliphatic rings. The summed E-state index contributed by atoms with van der Waals surface area (Å²) in [4.78, 5) is 2.52. The fraction of sp³-hybridized carbons (Fsp3) is 0.368. The minimum absolute atomic E-state index is 0.164. The first-order chi connectivity index (χ1) is 10.3. The third-order valence-electron chi connectivity index (χ3n) is 4.40. The van der Waals surface area contributed by atoms with Gasteiger partial charge in [0.1, 0.15) is 0 Å². The van der Waals surface area contributed by atoms with Gasteiger partial charge in [0.15, 0.2) is 0 Å². The highest BCUT2D eigenvalue weighted by atomic mass is 16.3. The van der Waals surface area contributed by atoms with Gasteiger partial charge in [-0.15, -0.1) is 0 Å². The van der Waals surface area contributed by atoms with Gasteiger partial charge in [-0.1, -0.05) is 60.7 Å². The maximum absolute atomic E-state index is 10.0. The molecule has 2 unspecified atom stereocenters. The number of rotatable bonds is 4. The minimum atomic E-state index is -0.164. The van der Waals surface area contributed by atoms with Crippen LogP contribution in [0.4, 0.5) is 0 Å². The molecule has 2 heteroatoms. The van der Waals surface area contributed by atoms with Crippen molar-refractivity contribution in [2.24, 2.45) is 0 Å². The molecule has 0 aromatic heterocycles. The maximum Gasteiger partial charge on any atom is 0.0570 e. The second kappa shape index (κ2) is 6.88. The van der Waals surface area contributed by atoms with Crippen LogP contribution >= 0.6 is 0 Å². The Morgan fingerprint density at radius 3 is 2.33 bits per heavy atom. The lowest BCUT2D eigenvalue weighted by Crippen LogP contribution is -2.39. The van der Waals surface area contributed by atoms with Crippen molar-refractivity contribution in [2.75, 3.05) is 13.1 Å². The average Bonchev–Trinajstić information content (AvgIpc) is 2.55. The maximum atomic E-state index is 10.0. The molecule has 1 saturated heterocycles. The molecule has 2 aromatic carbocycles. The summed E-state index contributed by atoms with van der Waals surface area (Å²) in [6.45, 7) is 2.03. The van der Waals surface area contributed by atoms with Crippen LogP contribution in [0.2, 0.25) is 0 Å². The highest BCUT2D eigenvalue weighted by Crippen LogP contribution is 2.31. The summed E-state index contributed by atoms with van der Waals surface area (Å²) in [6.07, 6.45) is 2.64. The molecular weight excluding hydrogens is 258 g/mol. The van der Waals surface area contributed by atoms with Crippen LogP contribution in [0, 0.1) is 0 Å². The highest BCUT2D eigenvalue weighted by Gasteiger charge is 2.28. The van der Waals surface area contributed by atoms with E-state index in [0.717, 1.165) is 32.4 Å². The molecule has 0 aliphatic carbocycles. The quantitative estimate of drug-likeness (QED) is 0.928. The lowest BCUT2D eigenvalue weighted by Gasteiger charge is -2.38. The lowest BCUT2D eigenvalue weighted by molar-refractivity contribution is 0.0414. The summed E-state index contributed by atoms with van der Waals surface area (Å²) in [7, 11) is 0. The Morgan fingerprint density at radius 1 is 0.952 bits per heavy atom. The van der Waals surface area contributed by atoms with Crippen LogP contribution in [0.25, 0.3) is 0 Å². The van der Waals surface area contributed by atoms with E-state index < -0.39 is 0 Å². The summed E-state index contributed by atoms with van der Waals surface area (Å²) in [5.74, 6) is 0. The summed E-state index contributed by atoms with van der Waals surface area (Å²) < 4.78 is 0. The van der Waals surface area contributed by atoms with Gasteiger partial charge < -0.3 is 5.11 Å². The van der Waals surface area contributed by atoms with Crippen LogP contribution in [0.3, 0.4) is 0 Å². The summed E-state index contributed by atoms with van der Waals surface area (Å²) in [5.41, 5.74) is 2.71. The van der Waals surface area contributed by atoms with Gasteiger partial charge in [0.2, 0.25) is 0 Å². The van der Waals surface area contributed by atoms with Crippen LogP contribution in [0.1, 0.15) is 30.0 Å². The molecule has 0 bridgehead atoms. The zero-order chi connectivity index (χ0) is 14.5. The number of aliphatic hydroxyl groups is 1. The van der Waals surface area contributed by atoms with Gasteiger partial charge in [-0.05, 0) is 30.4 Å². The van der Waals surface area contributed by atoms with Gasteiger partial charge in [-0.25, -0.2) is 0 Å². The smallest absolute Gasteiger partial charge is 0.0570 e. The van der Waals surface area contributed by atoms with Gasteiger partial charge in [0.05, 0.1) is 6.10 Å². The molecule has 0 radical (unpaired) electrons. The van der Waals surface area contributed by atoms with Gasteiger partial charge in [-0.3, -0.25) is 4.90 Å². The number of nitrogens with zero attached hydrogens (tertiary/aromatic N) is 1. The van der Waals surface area contributed by atoms with Crippen molar-refractivity contribution in [2.45, 2.75) is 31.4 Å². The second-order valence-corrected chi connectivity index (χ2v) is 5.88. The zero-order valence-electron chi connectivity index (χ0n) is 12.4. The van der Waals surface area contributed by atoms with E-state index in [1.54, 1.807) is 0 Å².